The highest BCUT2D eigenvalue weighted by molar-refractivity contribution is 5.78. The fourth-order valence-corrected chi connectivity index (χ4v) is 4.44. The molecule has 1 aliphatic rings. The molecule has 1 fully saturated rings. The molecule has 0 bridgehead atoms. The van der Waals surface area contributed by atoms with E-state index in [1.54, 1.807) is 0 Å². The van der Waals surface area contributed by atoms with Crippen LogP contribution < -0.4 is 5.73 Å². The Morgan fingerprint density at radius 1 is 1.32 bits per heavy atom. The number of aliphatic imine (C=N–C) groups is 1. The summed E-state index contributed by atoms with van der Waals surface area (Å²) in [5.74, 6) is 1.69. The van der Waals surface area contributed by atoms with Crippen molar-refractivity contribution in [2.24, 2.45) is 16.6 Å². The topological polar surface area (TPSA) is 56.2 Å². The third kappa shape index (κ3) is 3.72. The van der Waals surface area contributed by atoms with Crippen molar-refractivity contribution < 1.29 is 0 Å². The monoisotopic (exact) mass is 372 g/mol. The van der Waals surface area contributed by atoms with Crippen molar-refractivity contribution in [1.29, 1.82) is 0 Å². The zero-order valence-corrected chi connectivity index (χ0v) is 16.5. The summed E-state index contributed by atoms with van der Waals surface area (Å²) >= 11 is 0. The van der Waals surface area contributed by atoms with Crippen LogP contribution in [0.5, 0.6) is 0 Å². The summed E-state index contributed by atoms with van der Waals surface area (Å²) in [7, 11) is 0. The molecule has 2 unspecified atom stereocenters. The minimum atomic E-state index is 0.495. The number of aryl methyl sites for hydroxylation is 1. The van der Waals surface area contributed by atoms with Crippen molar-refractivity contribution >= 4 is 28.6 Å². The van der Waals surface area contributed by atoms with E-state index in [2.05, 4.69) is 51.6 Å². The van der Waals surface area contributed by atoms with Crippen LogP contribution in [0.4, 0.5) is 5.82 Å². The lowest BCUT2D eigenvalue weighted by atomic mass is 9.97. The van der Waals surface area contributed by atoms with Crippen LogP contribution in [0.3, 0.4) is 0 Å². The van der Waals surface area contributed by atoms with Gasteiger partial charge in [-0.2, -0.15) is 0 Å². The van der Waals surface area contributed by atoms with E-state index in [0.717, 1.165) is 29.2 Å². The molecule has 4 nitrogen and oxygen atoms in total. The third-order valence-electron chi connectivity index (χ3n) is 5.90. The van der Waals surface area contributed by atoms with E-state index in [-0.39, 0.29) is 0 Å². The van der Waals surface area contributed by atoms with Gasteiger partial charge in [-0.05, 0) is 68.7 Å². The Labute approximate surface area is 166 Å². The van der Waals surface area contributed by atoms with E-state index in [9.17, 15) is 0 Å². The summed E-state index contributed by atoms with van der Waals surface area (Å²) in [5.41, 5.74) is 9.95. The molecule has 144 valence electrons. The number of pyridine rings is 1. The van der Waals surface area contributed by atoms with Gasteiger partial charge in [0.2, 0.25) is 0 Å². The van der Waals surface area contributed by atoms with Gasteiger partial charge in [-0.3, -0.25) is 4.98 Å². The van der Waals surface area contributed by atoms with Crippen LogP contribution in [-0.2, 0) is 6.42 Å². The maximum Gasteiger partial charge on any atom is 0.141 e. The van der Waals surface area contributed by atoms with Gasteiger partial charge in [-0.1, -0.05) is 24.8 Å². The second-order valence-corrected chi connectivity index (χ2v) is 7.77. The standard InChI is InChI=1S/C24H28N4/c1-3-26-24-22(17(2)25)12-14-28(24)21-11-9-18(15-21)6-7-19-8-10-20-5-4-13-27-23(20)16-19/h3-5,8,10,12-14,16,18,21H,2,6-7,9,11,15,25H2,1H3. The van der Waals surface area contributed by atoms with Crippen LogP contribution in [0.25, 0.3) is 16.6 Å². The Morgan fingerprint density at radius 3 is 3.04 bits per heavy atom. The Kier molecular flexibility index (Phi) is 5.29. The highest BCUT2D eigenvalue weighted by atomic mass is 15.1. The Balaban J connectivity index is 1.42. The normalized spacial score (nSPS) is 19.6. The van der Waals surface area contributed by atoms with Crippen molar-refractivity contribution in [2.45, 2.75) is 45.1 Å². The second-order valence-electron chi connectivity index (χ2n) is 7.77. The molecule has 4 rings (SSSR count). The van der Waals surface area contributed by atoms with Crippen LogP contribution in [-0.4, -0.2) is 15.8 Å². The van der Waals surface area contributed by atoms with Gasteiger partial charge in [-0.15, -0.1) is 0 Å². The van der Waals surface area contributed by atoms with Crippen LogP contribution in [0.1, 0.15) is 49.8 Å². The fraction of sp³-hybridized carbons (Fsp3) is 0.333. The predicted octanol–water partition coefficient (Wildman–Crippen LogP) is 5.66. The summed E-state index contributed by atoms with van der Waals surface area (Å²) in [6.45, 7) is 5.83. The number of hydrogen-bond donors (Lipinski definition) is 1. The lowest BCUT2D eigenvalue weighted by Gasteiger charge is -2.16. The molecule has 0 amide bonds. The molecular weight excluding hydrogens is 344 g/mol. The maximum absolute atomic E-state index is 5.95. The average Bonchev–Trinajstić information content (AvgIpc) is 3.33. The second kappa shape index (κ2) is 8.01. The molecule has 2 atom stereocenters. The van der Waals surface area contributed by atoms with Crippen LogP contribution in [0.2, 0.25) is 0 Å². The molecule has 1 saturated carbocycles. The molecule has 2 N–H and O–H groups in total. The molecule has 1 aromatic carbocycles. The number of aromatic nitrogens is 2. The zero-order valence-electron chi connectivity index (χ0n) is 16.5. The minimum absolute atomic E-state index is 0.495. The van der Waals surface area contributed by atoms with E-state index in [1.165, 1.54) is 36.6 Å². The van der Waals surface area contributed by atoms with Gasteiger partial charge < -0.3 is 10.3 Å². The van der Waals surface area contributed by atoms with Crippen LogP contribution in [0, 0.1) is 5.92 Å². The largest absolute Gasteiger partial charge is 0.399 e. The first-order chi connectivity index (χ1) is 13.7. The van der Waals surface area contributed by atoms with Crippen molar-refractivity contribution in [3.8, 4) is 0 Å². The number of fused-ring (bicyclic) bond motifs is 1. The number of rotatable bonds is 6. The van der Waals surface area contributed by atoms with Crippen molar-refractivity contribution in [3.63, 3.8) is 0 Å². The summed E-state index contributed by atoms with van der Waals surface area (Å²) in [6.07, 6.45) is 11.8. The van der Waals surface area contributed by atoms with Gasteiger partial charge in [0, 0.05) is 41.3 Å². The molecular formula is C24H28N4. The number of hydrogen-bond acceptors (Lipinski definition) is 3. The van der Waals surface area contributed by atoms with Crippen molar-refractivity contribution in [1.82, 2.24) is 9.55 Å². The molecule has 0 radical (unpaired) electrons. The molecule has 0 spiro atoms. The first-order valence-corrected chi connectivity index (χ1v) is 10.1. The Bertz CT molecular complexity index is 1010. The van der Waals surface area contributed by atoms with Crippen LogP contribution in [0.15, 0.2) is 60.4 Å². The molecule has 28 heavy (non-hydrogen) atoms. The van der Waals surface area contributed by atoms with E-state index in [0.29, 0.717) is 11.7 Å². The summed E-state index contributed by atoms with van der Waals surface area (Å²) in [4.78, 5) is 9.05. The number of benzene rings is 1. The molecule has 4 heteroatoms. The molecule has 1 aliphatic carbocycles. The first-order valence-electron chi connectivity index (χ1n) is 10.1. The number of nitrogens with two attached hydrogens (primary N) is 1. The molecule has 0 saturated heterocycles. The number of nitrogens with zero attached hydrogens (tertiary/aromatic N) is 3. The van der Waals surface area contributed by atoms with Crippen molar-refractivity contribution in [3.05, 3.63) is 66.5 Å². The lowest BCUT2D eigenvalue weighted by Crippen LogP contribution is -2.05. The third-order valence-corrected chi connectivity index (χ3v) is 5.90. The van der Waals surface area contributed by atoms with Gasteiger partial charge in [0.15, 0.2) is 0 Å². The highest BCUT2D eigenvalue weighted by Gasteiger charge is 2.27. The maximum atomic E-state index is 5.95. The fourth-order valence-electron chi connectivity index (χ4n) is 4.44. The van der Waals surface area contributed by atoms with E-state index in [1.807, 2.05) is 31.5 Å². The Hall–Kier alpha value is -2.88. The van der Waals surface area contributed by atoms with Gasteiger partial charge in [0.1, 0.15) is 5.82 Å². The zero-order chi connectivity index (χ0) is 19.5. The van der Waals surface area contributed by atoms with E-state index in [4.69, 9.17) is 5.73 Å². The van der Waals surface area contributed by atoms with Gasteiger partial charge in [0.05, 0.1) is 5.52 Å². The van der Waals surface area contributed by atoms with E-state index >= 15 is 0 Å². The predicted molar refractivity (Wildman–Crippen MR) is 118 cm³/mol. The van der Waals surface area contributed by atoms with Gasteiger partial charge in [0.25, 0.3) is 0 Å². The average molecular weight is 373 g/mol. The summed E-state index contributed by atoms with van der Waals surface area (Å²) < 4.78 is 2.30. The van der Waals surface area contributed by atoms with Gasteiger partial charge in [-0.25, -0.2) is 4.99 Å². The molecule has 3 aromatic rings. The molecule has 0 aliphatic heterocycles. The van der Waals surface area contributed by atoms with Gasteiger partial charge >= 0.3 is 0 Å². The SMILES string of the molecule is C=C(N)c1ccn(C2CCC(CCc3ccc4cccnc4c3)C2)c1N=CC. The highest BCUT2D eigenvalue weighted by Crippen LogP contribution is 2.40. The van der Waals surface area contributed by atoms with Crippen LogP contribution >= 0.6 is 0 Å². The quantitative estimate of drug-likeness (QED) is 0.567. The summed E-state index contributed by atoms with van der Waals surface area (Å²) in [6, 6.07) is 13.3. The lowest BCUT2D eigenvalue weighted by molar-refractivity contribution is 0.458. The van der Waals surface area contributed by atoms with E-state index < -0.39 is 0 Å². The first kappa shape index (κ1) is 18.5. The Morgan fingerprint density at radius 2 is 2.21 bits per heavy atom. The summed E-state index contributed by atoms with van der Waals surface area (Å²) in [5, 5.41) is 1.21. The van der Waals surface area contributed by atoms with Crippen molar-refractivity contribution in [2.75, 3.05) is 0 Å². The molecule has 2 aromatic heterocycles. The molecule has 2 heterocycles. The minimum Gasteiger partial charge on any atom is -0.399 e. The smallest absolute Gasteiger partial charge is 0.141 e.